The van der Waals surface area contributed by atoms with Crippen molar-refractivity contribution in [1.29, 1.82) is 0 Å². The molecule has 1 fully saturated rings. The van der Waals surface area contributed by atoms with Crippen LogP contribution >= 0.6 is 0 Å². The Morgan fingerprint density at radius 3 is 2.54 bits per heavy atom. The number of hydrogen-bond acceptors (Lipinski definition) is 6. The molecule has 0 unspecified atom stereocenters. The van der Waals surface area contributed by atoms with Crippen LogP contribution in [-0.4, -0.2) is 61.9 Å². The number of anilines is 1. The smallest absolute Gasteiger partial charge is 0.288 e. The van der Waals surface area contributed by atoms with Crippen molar-refractivity contribution in [3.63, 3.8) is 0 Å². The van der Waals surface area contributed by atoms with Gasteiger partial charge in [-0.15, -0.1) is 5.10 Å². The number of para-hydroxylation sites is 1. The van der Waals surface area contributed by atoms with Crippen LogP contribution in [0.3, 0.4) is 0 Å². The number of aryl methyl sites for hydroxylation is 1. The highest BCUT2D eigenvalue weighted by molar-refractivity contribution is 5.92. The van der Waals surface area contributed by atoms with Crippen molar-refractivity contribution in [3.8, 4) is 5.69 Å². The number of nitrogens with zero attached hydrogens (tertiary/aromatic N) is 6. The van der Waals surface area contributed by atoms with Gasteiger partial charge in [0.2, 0.25) is 11.8 Å². The van der Waals surface area contributed by atoms with Gasteiger partial charge in [-0.1, -0.05) is 18.2 Å². The number of carbonyl (C=O) groups excluding carboxylic acids is 1. The number of hydrogen-bond donors (Lipinski definition) is 1. The quantitative estimate of drug-likeness (QED) is 0.717. The molecule has 0 saturated carbocycles. The van der Waals surface area contributed by atoms with Crippen molar-refractivity contribution in [1.82, 2.24) is 29.9 Å². The predicted molar refractivity (Wildman–Crippen MR) is 99.0 cm³/mol. The summed E-state index contributed by atoms with van der Waals surface area (Å²) >= 11 is 0. The Morgan fingerprint density at radius 1 is 1.14 bits per heavy atom. The highest BCUT2D eigenvalue weighted by Gasteiger charge is 2.25. The van der Waals surface area contributed by atoms with E-state index in [4.69, 9.17) is 0 Å². The molecular weight excluding hydrogens is 365 g/mol. The number of piperazine rings is 1. The number of rotatable bonds is 3. The van der Waals surface area contributed by atoms with Gasteiger partial charge in [-0.2, -0.15) is 14.3 Å². The van der Waals surface area contributed by atoms with Gasteiger partial charge >= 0.3 is 0 Å². The number of halogens is 1. The molecule has 3 aromatic rings. The molecule has 0 spiro atoms. The summed E-state index contributed by atoms with van der Waals surface area (Å²) in [5.74, 6) is -0.774. The Hall–Kier alpha value is -3.56. The van der Waals surface area contributed by atoms with Crippen LogP contribution in [0.2, 0.25) is 0 Å². The maximum atomic E-state index is 13.5. The van der Waals surface area contributed by atoms with Crippen molar-refractivity contribution in [2.24, 2.45) is 0 Å². The van der Waals surface area contributed by atoms with Crippen molar-refractivity contribution < 1.29 is 9.18 Å². The lowest BCUT2D eigenvalue weighted by Gasteiger charge is -2.34. The summed E-state index contributed by atoms with van der Waals surface area (Å²) in [7, 11) is 0. The van der Waals surface area contributed by atoms with Gasteiger partial charge < -0.3 is 9.80 Å². The topological polar surface area (TPSA) is 100 Å². The fourth-order valence-electron chi connectivity index (χ4n) is 3.04. The second kappa shape index (κ2) is 7.22. The first-order valence-electron chi connectivity index (χ1n) is 8.81. The maximum absolute atomic E-state index is 13.5. The second-order valence-electron chi connectivity index (χ2n) is 6.42. The standard InChI is InChI=1S/C18H18FN7O2/c1-12-15(19)16(27)22-18(21-12)25-9-7-24(8-10-25)17(28)14-11-20-26(23-14)13-5-3-2-4-6-13/h2-6,11H,7-10H2,1H3,(H,21,22,27). The summed E-state index contributed by atoms with van der Waals surface area (Å²) in [5, 5.41) is 8.42. The zero-order valence-electron chi connectivity index (χ0n) is 15.2. The van der Waals surface area contributed by atoms with E-state index in [9.17, 15) is 14.0 Å². The van der Waals surface area contributed by atoms with Gasteiger partial charge in [-0.25, -0.2) is 4.98 Å². The van der Waals surface area contributed by atoms with Crippen LogP contribution in [0.5, 0.6) is 0 Å². The van der Waals surface area contributed by atoms with Gasteiger partial charge in [-0.05, 0) is 19.1 Å². The Bertz CT molecular complexity index is 1060. The van der Waals surface area contributed by atoms with Crippen molar-refractivity contribution in [2.75, 3.05) is 31.1 Å². The Kier molecular flexibility index (Phi) is 4.60. The van der Waals surface area contributed by atoms with E-state index >= 15 is 0 Å². The highest BCUT2D eigenvalue weighted by atomic mass is 19.1. The number of amides is 1. The van der Waals surface area contributed by atoms with Gasteiger partial charge in [0, 0.05) is 26.2 Å². The third kappa shape index (κ3) is 3.36. The average molecular weight is 383 g/mol. The fourth-order valence-corrected chi connectivity index (χ4v) is 3.04. The van der Waals surface area contributed by atoms with Crippen LogP contribution < -0.4 is 10.5 Å². The SMILES string of the molecule is Cc1nc(N2CCN(C(=O)c3cnn(-c4ccccc4)n3)CC2)[nH]c(=O)c1F. The van der Waals surface area contributed by atoms with Crippen LogP contribution in [0.4, 0.5) is 10.3 Å². The Labute approximate surface area is 159 Å². The highest BCUT2D eigenvalue weighted by Crippen LogP contribution is 2.13. The largest absolute Gasteiger partial charge is 0.339 e. The molecule has 4 rings (SSSR count). The molecule has 0 atom stereocenters. The Morgan fingerprint density at radius 2 is 1.86 bits per heavy atom. The fraction of sp³-hybridized carbons (Fsp3) is 0.278. The van der Waals surface area contributed by atoms with Crippen LogP contribution in [-0.2, 0) is 0 Å². The molecule has 1 N–H and O–H groups in total. The number of nitrogens with one attached hydrogen (secondary N) is 1. The molecule has 9 nitrogen and oxygen atoms in total. The molecule has 3 heterocycles. The molecule has 2 aromatic heterocycles. The van der Waals surface area contributed by atoms with E-state index < -0.39 is 11.4 Å². The van der Waals surface area contributed by atoms with Gasteiger partial charge in [0.05, 0.1) is 17.6 Å². The minimum Gasteiger partial charge on any atom is -0.339 e. The summed E-state index contributed by atoms with van der Waals surface area (Å²) in [4.78, 5) is 35.7. The monoisotopic (exact) mass is 383 g/mol. The summed E-state index contributed by atoms with van der Waals surface area (Å²) in [6, 6.07) is 9.34. The first kappa shape index (κ1) is 17.8. The Balaban J connectivity index is 1.43. The lowest BCUT2D eigenvalue weighted by atomic mass is 10.3. The summed E-state index contributed by atoms with van der Waals surface area (Å²) < 4.78 is 13.5. The van der Waals surface area contributed by atoms with Crippen LogP contribution in [0.25, 0.3) is 5.69 Å². The van der Waals surface area contributed by atoms with E-state index in [2.05, 4.69) is 20.2 Å². The van der Waals surface area contributed by atoms with E-state index in [-0.39, 0.29) is 17.3 Å². The van der Waals surface area contributed by atoms with Gasteiger partial charge in [-0.3, -0.25) is 14.6 Å². The molecule has 1 aliphatic rings. The first-order chi connectivity index (χ1) is 13.5. The lowest BCUT2D eigenvalue weighted by molar-refractivity contribution is 0.0739. The van der Waals surface area contributed by atoms with Crippen molar-refractivity contribution >= 4 is 11.9 Å². The number of H-pyrrole nitrogens is 1. The van der Waals surface area contributed by atoms with Crippen molar-refractivity contribution in [3.05, 3.63) is 64.1 Å². The molecule has 10 heteroatoms. The molecular formula is C18H18FN7O2. The second-order valence-corrected chi connectivity index (χ2v) is 6.42. The van der Waals surface area contributed by atoms with Gasteiger partial charge in [0.1, 0.15) is 0 Å². The van der Waals surface area contributed by atoms with Crippen LogP contribution in [0.1, 0.15) is 16.2 Å². The van der Waals surface area contributed by atoms with E-state index in [1.807, 2.05) is 35.2 Å². The molecule has 0 aliphatic carbocycles. The summed E-state index contributed by atoms with van der Waals surface area (Å²) in [5.41, 5.74) is 0.294. The first-order valence-corrected chi connectivity index (χ1v) is 8.81. The van der Waals surface area contributed by atoms with E-state index in [0.29, 0.717) is 32.1 Å². The number of aromatic nitrogens is 5. The van der Waals surface area contributed by atoms with Crippen LogP contribution in [0.15, 0.2) is 41.3 Å². The average Bonchev–Trinajstić information content (AvgIpc) is 3.22. The number of benzene rings is 1. The molecule has 0 bridgehead atoms. The van der Waals surface area contributed by atoms with Crippen molar-refractivity contribution in [2.45, 2.75) is 6.92 Å². The van der Waals surface area contributed by atoms with E-state index in [0.717, 1.165) is 5.69 Å². The van der Waals surface area contributed by atoms with Gasteiger partial charge in [0.25, 0.3) is 11.5 Å². The summed E-state index contributed by atoms with van der Waals surface area (Å²) in [6.07, 6.45) is 1.45. The number of aromatic amines is 1. The zero-order chi connectivity index (χ0) is 19.7. The predicted octanol–water partition coefficient (Wildman–Crippen LogP) is 0.761. The summed E-state index contributed by atoms with van der Waals surface area (Å²) in [6.45, 7) is 3.23. The molecule has 28 heavy (non-hydrogen) atoms. The molecule has 1 saturated heterocycles. The lowest BCUT2D eigenvalue weighted by Crippen LogP contribution is -2.49. The molecule has 1 amide bonds. The minimum absolute atomic E-state index is 0.0507. The third-order valence-corrected chi connectivity index (χ3v) is 4.58. The zero-order valence-corrected chi connectivity index (χ0v) is 15.2. The maximum Gasteiger partial charge on any atom is 0.288 e. The normalized spacial score (nSPS) is 14.4. The van der Waals surface area contributed by atoms with Gasteiger partial charge in [0.15, 0.2) is 5.69 Å². The minimum atomic E-state index is -0.876. The molecule has 1 aliphatic heterocycles. The van der Waals surface area contributed by atoms with E-state index in [1.54, 1.807) is 4.90 Å². The molecule has 144 valence electrons. The number of carbonyl (C=O) groups is 1. The molecule has 1 aromatic carbocycles. The van der Waals surface area contributed by atoms with Crippen LogP contribution in [0, 0.1) is 12.7 Å². The third-order valence-electron chi connectivity index (χ3n) is 4.58. The van der Waals surface area contributed by atoms with E-state index in [1.165, 1.54) is 17.9 Å². The molecule has 0 radical (unpaired) electrons.